The van der Waals surface area contributed by atoms with Gasteiger partial charge in [-0.3, -0.25) is 14.5 Å². The Kier molecular flexibility index (Phi) is 4.35. The zero-order valence-corrected chi connectivity index (χ0v) is 15.5. The summed E-state index contributed by atoms with van der Waals surface area (Å²) in [7, 11) is 0. The average Bonchev–Trinajstić information content (AvgIpc) is 3.02. The molecule has 0 saturated carbocycles. The van der Waals surface area contributed by atoms with Crippen LogP contribution in [-0.4, -0.2) is 35.4 Å². The Morgan fingerprint density at radius 2 is 1.82 bits per heavy atom. The number of ether oxygens (including phenoxy) is 1. The lowest BCUT2D eigenvalue weighted by molar-refractivity contribution is -0.128. The summed E-state index contributed by atoms with van der Waals surface area (Å²) in [5.41, 5.74) is 3.05. The largest absolute Gasteiger partial charge is 0.449 e. The van der Waals surface area contributed by atoms with Gasteiger partial charge in [-0.1, -0.05) is 30.3 Å². The number of H-pyrrole nitrogens is 1. The molecule has 2 heterocycles. The van der Waals surface area contributed by atoms with Crippen LogP contribution in [-0.2, 0) is 14.3 Å². The summed E-state index contributed by atoms with van der Waals surface area (Å²) in [6.45, 7) is 3.18. The molecule has 1 unspecified atom stereocenters. The minimum Gasteiger partial charge on any atom is -0.449 e. The number of anilines is 2. The maximum Gasteiger partial charge on any atom is 0.341 e. The Labute approximate surface area is 161 Å². The predicted octanol–water partition coefficient (Wildman–Crippen LogP) is 3.01. The Morgan fingerprint density at radius 1 is 1.11 bits per heavy atom. The topological polar surface area (TPSA) is 91.5 Å². The van der Waals surface area contributed by atoms with Crippen LogP contribution in [0.1, 0.15) is 23.0 Å². The maximum absolute atomic E-state index is 12.9. The van der Waals surface area contributed by atoms with E-state index >= 15 is 0 Å². The summed E-state index contributed by atoms with van der Waals surface area (Å²) in [6, 6.07) is 14.4. The van der Waals surface area contributed by atoms with Crippen molar-refractivity contribution in [2.45, 2.75) is 20.0 Å². The zero-order chi connectivity index (χ0) is 19.8. The number of hydrogen-bond donors (Lipinski definition) is 2. The summed E-state index contributed by atoms with van der Waals surface area (Å²) in [4.78, 5) is 42.1. The van der Waals surface area contributed by atoms with Crippen molar-refractivity contribution in [1.82, 2.24) is 4.98 Å². The van der Waals surface area contributed by atoms with Gasteiger partial charge in [0.15, 0.2) is 6.10 Å². The molecule has 2 amide bonds. The lowest BCUT2D eigenvalue weighted by Gasteiger charge is -2.30. The van der Waals surface area contributed by atoms with E-state index in [1.807, 2.05) is 24.3 Å². The predicted molar refractivity (Wildman–Crippen MR) is 105 cm³/mol. The van der Waals surface area contributed by atoms with Crippen molar-refractivity contribution >= 4 is 40.1 Å². The minimum absolute atomic E-state index is 0.121. The molecule has 142 valence electrons. The molecule has 0 radical (unpaired) electrons. The van der Waals surface area contributed by atoms with Crippen molar-refractivity contribution in [3.63, 3.8) is 0 Å². The number of carbonyl (C=O) groups is 3. The number of fused-ring (bicyclic) bond motifs is 2. The molecule has 0 aliphatic carbocycles. The Morgan fingerprint density at radius 3 is 2.64 bits per heavy atom. The maximum atomic E-state index is 12.9. The first-order valence-electron chi connectivity index (χ1n) is 8.94. The van der Waals surface area contributed by atoms with E-state index in [0.717, 1.165) is 10.9 Å². The standard InChI is InChI=1S/C21H19N3O4/c1-12-19(14-7-3-4-8-15(14)22-12)21(27)28-13(2)20(26)24-11-18(25)23-16-9-5-6-10-17(16)24/h3-10,13,22H,11H2,1-2H3,(H,23,25). The first kappa shape index (κ1) is 17.8. The highest BCUT2D eigenvalue weighted by molar-refractivity contribution is 6.12. The van der Waals surface area contributed by atoms with Crippen molar-refractivity contribution < 1.29 is 19.1 Å². The number of esters is 1. The molecule has 0 saturated heterocycles. The normalized spacial score (nSPS) is 14.4. The molecule has 2 N–H and O–H groups in total. The third-order valence-corrected chi connectivity index (χ3v) is 4.77. The van der Waals surface area contributed by atoms with Crippen LogP contribution in [0.3, 0.4) is 0 Å². The molecule has 0 fully saturated rings. The number of amides is 2. The summed E-state index contributed by atoms with van der Waals surface area (Å²) < 4.78 is 5.47. The fourth-order valence-electron chi connectivity index (χ4n) is 3.46. The van der Waals surface area contributed by atoms with Gasteiger partial charge in [0, 0.05) is 16.6 Å². The van der Waals surface area contributed by atoms with Crippen LogP contribution in [0.4, 0.5) is 11.4 Å². The van der Waals surface area contributed by atoms with E-state index in [2.05, 4.69) is 10.3 Å². The number of nitrogens with one attached hydrogen (secondary N) is 2. The zero-order valence-electron chi connectivity index (χ0n) is 15.5. The summed E-state index contributed by atoms with van der Waals surface area (Å²) in [5.74, 6) is -1.32. The van der Waals surface area contributed by atoms with E-state index in [9.17, 15) is 14.4 Å². The highest BCUT2D eigenvalue weighted by Gasteiger charge is 2.32. The fourth-order valence-corrected chi connectivity index (χ4v) is 3.46. The van der Waals surface area contributed by atoms with Gasteiger partial charge in [0.1, 0.15) is 6.54 Å². The van der Waals surface area contributed by atoms with Gasteiger partial charge in [-0.15, -0.1) is 0 Å². The second kappa shape index (κ2) is 6.84. The van der Waals surface area contributed by atoms with Crippen LogP contribution < -0.4 is 10.2 Å². The van der Waals surface area contributed by atoms with Gasteiger partial charge >= 0.3 is 5.97 Å². The molecule has 1 aromatic heterocycles. The molecule has 3 aromatic rings. The molecule has 1 aliphatic rings. The van der Waals surface area contributed by atoms with Gasteiger partial charge in [-0.2, -0.15) is 0 Å². The number of carbonyl (C=O) groups excluding carboxylic acids is 3. The van der Waals surface area contributed by atoms with Crippen LogP contribution in [0.2, 0.25) is 0 Å². The Hall–Kier alpha value is -3.61. The number of aryl methyl sites for hydroxylation is 1. The molecule has 7 nitrogen and oxygen atoms in total. The Balaban J connectivity index is 1.57. The van der Waals surface area contributed by atoms with E-state index < -0.39 is 18.0 Å². The number of rotatable bonds is 3. The summed E-state index contributed by atoms with van der Waals surface area (Å²) in [6.07, 6.45) is -1.04. The lowest BCUT2D eigenvalue weighted by Crippen LogP contribution is -2.47. The third-order valence-electron chi connectivity index (χ3n) is 4.77. The first-order valence-corrected chi connectivity index (χ1v) is 8.94. The molecule has 7 heteroatoms. The quantitative estimate of drug-likeness (QED) is 0.687. The molecular formula is C21H19N3O4. The number of aromatic amines is 1. The lowest BCUT2D eigenvalue weighted by atomic mass is 10.1. The van der Waals surface area contributed by atoms with Gasteiger partial charge in [0.05, 0.1) is 16.9 Å². The van der Waals surface area contributed by atoms with Crippen molar-refractivity contribution in [2.75, 3.05) is 16.8 Å². The molecule has 1 aliphatic heterocycles. The van der Waals surface area contributed by atoms with Crippen molar-refractivity contribution in [2.24, 2.45) is 0 Å². The Bertz CT molecular complexity index is 1100. The SMILES string of the molecule is Cc1[nH]c2ccccc2c1C(=O)OC(C)C(=O)N1CC(=O)Nc2ccccc21. The number of aromatic nitrogens is 1. The van der Waals surface area contributed by atoms with Gasteiger partial charge in [-0.05, 0) is 32.0 Å². The van der Waals surface area contributed by atoms with Crippen LogP contribution in [0.25, 0.3) is 10.9 Å². The van der Waals surface area contributed by atoms with Crippen LogP contribution in [0, 0.1) is 6.92 Å². The first-order chi connectivity index (χ1) is 13.5. The molecule has 0 spiro atoms. The van der Waals surface area contributed by atoms with Crippen LogP contribution >= 0.6 is 0 Å². The molecule has 2 aromatic carbocycles. The fraction of sp³-hybridized carbons (Fsp3) is 0.190. The molecular weight excluding hydrogens is 358 g/mol. The summed E-state index contributed by atoms with van der Waals surface area (Å²) in [5, 5.41) is 3.47. The second-order valence-electron chi connectivity index (χ2n) is 6.71. The monoisotopic (exact) mass is 377 g/mol. The highest BCUT2D eigenvalue weighted by atomic mass is 16.5. The average molecular weight is 377 g/mol. The van der Waals surface area contributed by atoms with Gasteiger partial charge < -0.3 is 15.0 Å². The highest BCUT2D eigenvalue weighted by Crippen LogP contribution is 2.30. The minimum atomic E-state index is -1.04. The van der Waals surface area contributed by atoms with Crippen molar-refractivity contribution in [3.05, 3.63) is 59.8 Å². The third kappa shape index (κ3) is 3.00. The van der Waals surface area contributed by atoms with Crippen molar-refractivity contribution in [3.8, 4) is 0 Å². The van der Waals surface area contributed by atoms with E-state index in [1.165, 1.54) is 11.8 Å². The van der Waals surface area contributed by atoms with Crippen molar-refractivity contribution in [1.29, 1.82) is 0 Å². The number of para-hydroxylation sites is 3. The number of benzene rings is 2. The number of nitrogens with zero attached hydrogens (tertiary/aromatic N) is 1. The van der Waals surface area contributed by atoms with Crippen LogP contribution in [0.5, 0.6) is 0 Å². The van der Waals surface area contributed by atoms with Crippen LogP contribution in [0.15, 0.2) is 48.5 Å². The van der Waals surface area contributed by atoms with Gasteiger partial charge in [-0.25, -0.2) is 4.79 Å². The van der Waals surface area contributed by atoms with E-state index in [-0.39, 0.29) is 12.5 Å². The number of hydrogen-bond acceptors (Lipinski definition) is 4. The molecule has 1 atom stereocenters. The molecule has 28 heavy (non-hydrogen) atoms. The van der Waals surface area contributed by atoms with E-state index in [4.69, 9.17) is 4.74 Å². The van der Waals surface area contributed by atoms with E-state index in [1.54, 1.807) is 31.2 Å². The summed E-state index contributed by atoms with van der Waals surface area (Å²) >= 11 is 0. The van der Waals surface area contributed by atoms with Gasteiger partial charge in [0.2, 0.25) is 5.91 Å². The van der Waals surface area contributed by atoms with Gasteiger partial charge in [0.25, 0.3) is 5.91 Å². The molecule has 4 rings (SSSR count). The van der Waals surface area contributed by atoms with E-state index in [0.29, 0.717) is 22.6 Å². The molecule has 0 bridgehead atoms. The second-order valence-corrected chi connectivity index (χ2v) is 6.71. The smallest absolute Gasteiger partial charge is 0.341 e.